The first-order valence-electron chi connectivity index (χ1n) is 13.1. The predicted molar refractivity (Wildman–Crippen MR) is 140 cm³/mol. The predicted octanol–water partition coefficient (Wildman–Crippen LogP) is 7.25. The van der Waals surface area contributed by atoms with Crippen molar-refractivity contribution in [3.8, 4) is 0 Å². The number of rotatable bonds is 9. The van der Waals surface area contributed by atoms with Gasteiger partial charge >= 0.3 is 12.4 Å². The molecule has 4 aromatic rings. The lowest BCUT2D eigenvalue weighted by atomic mass is 10.0. The van der Waals surface area contributed by atoms with Crippen LogP contribution in [-0.4, -0.2) is 31.6 Å². The fraction of sp³-hybridized carbons (Fsp3) is 0.407. The standard InChI is InChI=1S/C27H24ClF6N7/c28-21-3-1-2-17-10-18(24(36-23(17)21)35-22(15-4-5-15)16-6-7-16)13-41(25-37-39-40-38-25)12-14-8-19(26(29,30)31)11-20(9-14)27(32,33)34/h1-3,8-11,15-16,22H,4-7,12-13H2,(H,35,36)(H,37,38,39,40). The quantitative estimate of drug-likeness (QED) is 0.198. The molecule has 0 bridgehead atoms. The zero-order valence-electron chi connectivity index (χ0n) is 21.4. The average molecular weight is 596 g/mol. The van der Waals surface area contributed by atoms with Crippen LogP contribution in [0.3, 0.4) is 0 Å². The minimum atomic E-state index is -4.97. The Hall–Kier alpha value is -3.61. The van der Waals surface area contributed by atoms with Gasteiger partial charge in [-0.05, 0) is 78.6 Å². The second-order valence-electron chi connectivity index (χ2n) is 10.6. The van der Waals surface area contributed by atoms with Crippen LogP contribution in [-0.2, 0) is 25.4 Å². The second kappa shape index (κ2) is 10.3. The van der Waals surface area contributed by atoms with Crippen LogP contribution in [0.5, 0.6) is 0 Å². The number of pyridine rings is 1. The van der Waals surface area contributed by atoms with Gasteiger partial charge < -0.3 is 10.2 Å². The van der Waals surface area contributed by atoms with Crippen LogP contribution in [0, 0.1) is 11.8 Å². The van der Waals surface area contributed by atoms with E-state index in [1.165, 1.54) is 4.90 Å². The van der Waals surface area contributed by atoms with Crippen molar-refractivity contribution in [2.45, 2.75) is 57.2 Å². The lowest BCUT2D eigenvalue weighted by molar-refractivity contribution is -0.143. The van der Waals surface area contributed by atoms with E-state index in [1.54, 1.807) is 12.1 Å². The van der Waals surface area contributed by atoms with E-state index >= 15 is 0 Å². The second-order valence-corrected chi connectivity index (χ2v) is 11.0. The maximum Gasteiger partial charge on any atom is 0.416 e. The highest BCUT2D eigenvalue weighted by molar-refractivity contribution is 6.35. The van der Waals surface area contributed by atoms with Crippen molar-refractivity contribution in [3.63, 3.8) is 0 Å². The Balaban J connectivity index is 1.40. The van der Waals surface area contributed by atoms with Gasteiger partial charge in [0, 0.05) is 30.1 Å². The SMILES string of the molecule is FC(F)(F)c1cc(CN(Cc2cc3cccc(Cl)c3nc2NC(C2CC2)C2CC2)c2nn[nH]n2)cc(C(F)(F)F)c1. The Kier molecular flexibility index (Phi) is 6.95. The molecule has 2 aliphatic rings. The topological polar surface area (TPSA) is 82.6 Å². The number of aromatic amines is 1. The zero-order valence-corrected chi connectivity index (χ0v) is 22.2. The maximum absolute atomic E-state index is 13.5. The van der Waals surface area contributed by atoms with Crippen LogP contribution >= 0.6 is 11.6 Å². The number of H-pyrrole nitrogens is 1. The molecule has 6 rings (SSSR count). The molecule has 2 aromatic carbocycles. The van der Waals surface area contributed by atoms with Gasteiger partial charge in [-0.3, -0.25) is 0 Å². The van der Waals surface area contributed by atoms with E-state index in [4.69, 9.17) is 16.6 Å². The third-order valence-corrected chi connectivity index (χ3v) is 7.74. The van der Waals surface area contributed by atoms with E-state index in [9.17, 15) is 26.3 Å². The van der Waals surface area contributed by atoms with Gasteiger partial charge in [-0.15, -0.1) is 5.10 Å². The summed E-state index contributed by atoms with van der Waals surface area (Å²) in [5.41, 5.74) is -1.74. The first-order chi connectivity index (χ1) is 19.5. The molecule has 2 saturated carbocycles. The molecule has 0 atom stereocenters. The molecule has 2 N–H and O–H groups in total. The Labute approximate surface area is 235 Å². The van der Waals surface area contributed by atoms with Crippen molar-refractivity contribution >= 4 is 34.3 Å². The Morgan fingerprint density at radius 1 is 0.927 bits per heavy atom. The number of para-hydroxylation sites is 1. The Morgan fingerprint density at radius 2 is 1.59 bits per heavy atom. The van der Waals surface area contributed by atoms with Gasteiger partial charge in [0.2, 0.25) is 0 Å². The molecule has 0 aliphatic heterocycles. The van der Waals surface area contributed by atoms with E-state index in [-0.39, 0.29) is 36.7 Å². The molecule has 2 fully saturated rings. The number of fused-ring (bicyclic) bond motifs is 1. The molecule has 41 heavy (non-hydrogen) atoms. The third kappa shape index (κ3) is 6.19. The zero-order chi connectivity index (χ0) is 28.9. The van der Waals surface area contributed by atoms with E-state index < -0.39 is 23.5 Å². The summed E-state index contributed by atoms with van der Waals surface area (Å²) in [5, 5.41) is 18.6. The van der Waals surface area contributed by atoms with Crippen molar-refractivity contribution < 1.29 is 26.3 Å². The van der Waals surface area contributed by atoms with Crippen LogP contribution in [0.2, 0.25) is 5.02 Å². The largest absolute Gasteiger partial charge is 0.416 e. The summed E-state index contributed by atoms with van der Waals surface area (Å²) in [7, 11) is 0. The van der Waals surface area contributed by atoms with Crippen LogP contribution in [0.4, 0.5) is 38.1 Å². The lowest BCUT2D eigenvalue weighted by Crippen LogP contribution is -2.28. The molecule has 0 saturated heterocycles. The normalized spacial score (nSPS) is 16.0. The number of anilines is 2. The van der Waals surface area contributed by atoms with Gasteiger partial charge in [-0.2, -0.15) is 31.6 Å². The Morgan fingerprint density at radius 3 is 2.15 bits per heavy atom. The minimum absolute atomic E-state index is 0.00838. The molecule has 7 nitrogen and oxygen atoms in total. The number of hydrogen-bond acceptors (Lipinski definition) is 6. The highest BCUT2D eigenvalue weighted by Gasteiger charge is 2.42. The molecular formula is C27H24ClF6N7. The van der Waals surface area contributed by atoms with Crippen LogP contribution in [0.25, 0.3) is 10.9 Å². The highest BCUT2D eigenvalue weighted by Crippen LogP contribution is 2.46. The fourth-order valence-corrected chi connectivity index (χ4v) is 5.39. The Bertz CT molecular complexity index is 1500. The van der Waals surface area contributed by atoms with Crippen molar-refractivity contribution in [2.75, 3.05) is 10.2 Å². The fourth-order valence-electron chi connectivity index (χ4n) is 5.17. The molecular weight excluding hydrogens is 572 g/mol. The van der Waals surface area contributed by atoms with Crippen LogP contribution in [0.1, 0.15) is 47.9 Å². The number of halogens is 7. The summed E-state index contributed by atoms with van der Waals surface area (Å²) in [6.07, 6.45) is -5.47. The van der Waals surface area contributed by atoms with E-state index in [1.807, 2.05) is 12.1 Å². The molecule has 216 valence electrons. The van der Waals surface area contributed by atoms with Crippen molar-refractivity contribution in [3.05, 3.63) is 69.7 Å². The summed E-state index contributed by atoms with van der Waals surface area (Å²) >= 11 is 6.45. The number of benzene rings is 2. The highest BCUT2D eigenvalue weighted by atomic mass is 35.5. The van der Waals surface area contributed by atoms with E-state index in [2.05, 4.69) is 25.9 Å². The first-order valence-corrected chi connectivity index (χ1v) is 13.4. The van der Waals surface area contributed by atoms with Crippen LogP contribution < -0.4 is 10.2 Å². The van der Waals surface area contributed by atoms with Gasteiger partial charge in [0.1, 0.15) is 5.82 Å². The molecule has 0 unspecified atom stereocenters. The number of aromatic nitrogens is 5. The molecule has 2 heterocycles. The first kappa shape index (κ1) is 27.6. The third-order valence-electron chi connectivity index (χ3n) is 7.44. The minimum Gasteiger partial charge on any atom is -0.366 e. The van der Waals surface area contributed by atoms with Crippen molar-refractivity contribution in [1.82, 2.24) is 25.6 Å². The number of nitrogens with one attached hydrogen (secondary N) is 2. The summed E-state index contributed by atoms with van der Waals surface area (Å²) in [4.78, 5) is 6.30. The monoisotopic (exact) mass is 595 g/mol. The van der Waals surface area contributed by atoms with E-state index in [0.717, 1.165) is 31.1 Å². The van der Waals surface area contributed by atoms with Crippen LogP contribution in [0.15, 0.2) is 42.5 Å². The summed E-state index contributed by atoms with van der Waals surface area (Å²) < 4.78 is 81.2. The molecule has 0 amide bonds. The maximum atomic E-state index is 13.5. The van der Waals surface area contributed by atoms with Gasteiger partial charge in [0.25, 0.3) is 5.95 Å². The summed E-state index contributed by atoms with van der Waals surface area (Å²) in [5.74, 6) is 1.62. The van der Waals surface area contributed by atoms with Gasteiger partial charge in [-0.25, -0.2) is 4.98 Å². The van der Waals surface area contributed by atoms with Crippen molar-refractivity contribution in [2.24, 2.45) is 11.8 Å². The molecule has 2 aliphatic carbocycles. The summed E-state index contributed by atoms with van der Waals surface area (Å²) in [6, 6.07) is 8.95. The lowest BCUT2D eigenvalue weighted by Gasteiger charge is -2.26. The number of hydrogen-bond donors (Lipinski definition) is 2. The van der Waals surface area contributed by atoms with Crippen molar-refractivity contribution in [1.29, 1.82) is 0 Å². The van der Waals surface area contributed by atoms with Gasteiger partial charge in [0.05, 0.1) is 21.7 Å². The molecule has 14 heteroatoms. The van der Waals surface area contributed by atoms with Gasteiger partial charge in [0.15, 0.2) is 0 Å². The van der Waals surface area contributed by atoms with E-state index in [0.29, 0.717) is 45.9 Å². The number of alkyl halides is 6. The summed E-state index contributed by atoms with van der Waals surface area (Å²) in [6.45, 7) is -0.328. The molecule has 0 spiro atoms. The molecule has 2 aromatic heterocycles. The number of nitrogens with zero attached hydrogens (tertiary/aromatic N) is 5. The molecule has 0 radical (unpaired) electrons. The smallest absolute Gasteiger partial charge is 0.366 e. The number of tetrazole rings is 1. The average Bonchev–Trinajstić information content (AvgIpc) is 3.85. The van der Waals surface area contributed by atoms with Gasteiger partial charge in [-0.1, -0.05) is 28.8 Å².